The van der Waals surface area contributed by atoms with Crippen molar-refractivity contribution in [1.82, 2.24) is 10.2 Å². The summed E-state index contributed by atoms with van der Waals surface area (Å²) >= 11 is 0. The molecule has 2 aliphatic heterocycles. The molecule has 2 aromatic rings. The second-order valence-electron chi connectivity index (χ2n) is 6.52. The molecular formula is C18H17N3O3. The molecule has 6 heteroatoms. The molecular weight excluding hydrogens is 306 g/mol. The van der Waals surface area contributed by atoms with Crippen molar-refractivity contribution in [2.75, 3.05) is 25.5 Å². The number of carbonyl (C=O) groups is 3. The van der Waals surface area contributed by atoms with E-state index < -0.39 is 23.3 Å². The molecule has 2 heterocycles. The van der Waals surface area contributed by atoms with Gasteiger partial charge in [-0.2, -0.15) is 0 Å². The number of fused-ring (bicyclic) bond motifs is 3. The highest BCUT2D eigenvalue weighted by atomic mass is 16.2. The maximum absolute atomic E-state index is 12.8. The van der Waals surface area contributed by atoms with E-state index in [9.17, 15) is 14.4 Å². The molecule has 4 amide bonds. The number of hydrogen-bond acceptors (Lipinski definition) is 4. The lowest BCUT2D eigenvalue weighted by Crippen LogP contribution is -2.67. The van der Waals surface area contributed by atoms with Crippen molar-refractivity contribution in [3.8, 4) is 0 Å². The quantitative estimate of drug-likeness (QED) is 0.747. The molecule has 0 saturated carbocycles. The third-order valence-corrected chi connectivity index (χ3v) is 5.09. The van der Waals surface area contributed by atoms with Crippen LogP contribution in [0.15, 0.2) is 36.4 Å². The van der Waals surface area contributed by atoms with Crippen molar-refractivity contribution >= 4 is 34.3 Å². The van der Waals surface area contributed by atoms with E-state index in [0.29, 0.717) is 0 Å². The van der Waals surface area contributed by atoms with Gasteiger partial charge in [0.15, 0.2) is 0 Å². The van der Waals surface area contributed by atoms with Crippen LogP contribution in [-0.4, -0.2) is 43.4 Å². The number of imide groups is 2. The number of nitrogens with one attached hydrogen (secondary N) is 1. The van der Waals surface area contributed by atoms with Crippen LogP contribution in [0.4, 0.5) is 10.5 Å². The van der Waals surface area contributed by atoms with Crippen LogP contribution in [0.2, 0.25) is 0 Å². The first-order valence-corrected chi connectivity index (χ1v) is 7.79. The van der Waals surface area contributed by atoms with Gasteiger partial charge >= 0.3 is 6.03 Å². The molecule has 0 bridgehead atoms. The number of hydrogen-bond donors (Lipinski definition) is 1. The zero-order valence-corrected chi connectivity index (χ0v) is 13.5. The number of carbonyl (C=O) groups excluding carboxylic acids is 3. The third kappa shape index (κ3) is 1.79. The van der Waals surface area contributed by atoms with E-state index in [-0.39, 0.29) is 13.0 Å². The number of amides is 4. The fourth-order valence-corrected chi connectivity index (χ4v) is 3.82. The maximum Gasteiger partial charge on any atom is 0.330 e. The lowest BCUT2D eigenvalue weighted by atomic mass is 9.73. The van der Waals surface area contributed by atoms with Gasteiger partial charge in [0.1, 0.15) is 5.41 Å². The summed E-state index contributed by atoms with van der Waals surface area (Å²) in [6, 6.07) is 11.3. The first-order valence-electron chi connectivity index (χ1n) is 7.79. The summed E-state index contributed by atoms with van der Waals surface area (Å²) in [6.45, 7) is 0.251. The third-order valence-electron chi connectivity index (χ3n) is 5.09. The molecule has 1 spiro atoms. The Bertz CT molecular complexity index is 908. The van der Waals surface area contributed by atoms with Crippen LogP contribution in [0, 0.1) is 5.41 Å². The molecule has 1 unspecified atom stereocenters. The van der Waals surface area contributed by atoms with Gasteiger partial charge in [0.05, 0.1) is 0 Å². The summed E-state index contributed by atoms with van der Waals surface area (Å²) in [6.07, 6.45) is 0.288. The first kappa shape index (κ1) is 14.7. The largest absolute Gasteiger partial charge is 0.373 e. The molecule has 24 heavy (non-hydrogen) atoms. The SMILES string of the molecule is CN1C(=O)NC(=O)C2(Cc3c(ccc4ccccc34)N(C)C2)C1=O. The topological polar surface area (TPSA) is 69.7 Å². The molecule has 1 N–H and O–H groups in total. The van der Waals surface area contributed by atoms with Gasteiger partial charge in [0.25, 0.3) is 0 Å². The highest BCUT2D eigenvalue weighted by molar-refractivity contribution is 6.20. The fraction of sp³-hybridized carbons (Fsp3) is 0.278. The number of nitrogens with zero attached hydrogens (tertiary/aromatic N) is 2. The highest BCUT2D eigenvalue weighted by Gasteiger charge is 2.55. The van der Waals surface area contributed by atoms with Crippen LogP contribution in [-0.2, 0) is 16.0 Å². The highest BCUT2D eigenvalue weighted by Crippen LogP contribution is 2.41. The van der Waals surface area contributed by atoms with Crippen molar-refractivity contribution in [3.63, 3.8) is 0 Å². The molecule has 2 aliphatic rings. The zero-order chi connectivity index (χ0) is 17.1. The average molecular weight is 323 g/mol. The lowest BCUT2D eigenvalue weighted by molar-refractivity contribution is -0.150. The number of anilines is 1. The summed E-state index contributed by atoms with van der Waals surface area (Å²) in [5.41, 5.74) is 0.710. The van der Waals surface area contributed by atoms with Crippen molar-refractivity contribution in [2.24, 2.45) is 5.41 Å². The lowest BCUT2D eigenvalue weighted by Gasteiger charge is -2.44. The van der Waals surface area contributed by atoms with E-state index in [0.717, 1.165) is 26.9 Å². The number of urea groups is 1. The van der Waals surface area contributed by atoms with Crippen LogP contribution in [0.25, 0.3) is 10.8 Å². The Hall–Kier alpha value is -2.89. The van der Waals surface area contributed by atoms with E-state index >= 15 is 0 Å². The minimum atomic E-state index is -1.27. The second kappa shape index (κ2) is 4.80. The summed E-state index contributed by atoms with van der Waals surface area (Å²) in [5, 5.41) is 4.41. The van der Waals surface area contributed by atoms with Gasteiger partial charge < -0.3 is 4.90 Å². The Morgan fingerprint density at radius 2 is 1.79 bits per heavy atom. The molecule has 1 fully saturated rings. The molecule has 1 saturated heterocycles. The summed E-state index contributed by atoms with van der Waals surface area (Å²) in [5.74, 6) is -0.956. The van der Waals surface area contributed by atoms with Gasteiger partial charge in [0.2, 0.25) is 11.8 Å². The first-order chi connectivity index (χ1) is 11.4. The summed E-state index contributed by atoms with van der Waals surface area (Å²) in [7, 11) is 3.27. The standard InChI is InChI=1S/C18H17N3O3/c1-20-10-18(15(22)19-17(24)21(2)16(18)23)9-13-12-6-4-3-5-11(12)7-8-14(13)20/h3-8H,9-10H2,1-2H3,(H,19,22,24). The minimum Gasteiger partial charge on any atom is -0.373 e. The van der Waals surface area contributed by atoms with Gasteiger partial charge in [-0.1, -0.05) is 30.3 Å². The van der Waals surface area contributed by atoms with Crippen molar-refractivity contribution in [2.45, 2.75) is 6.42 Å². The molecule has 4 rings (SSSR count). The van der Waals surface area contributed by atoms with Crippen molar-refractivity contribution in [1.29, 1.82) is 0 Å². The van der Waals surface area contributed by atoms with E-state index in [1.54, 1.807) is 0 Å². The Morgan fingerprint density at radius 3 is 2.58 bits per heavy atom. The smallest absolute Gasteiger partial charge is 0.330 e. The summed E-state index contributed by atoms with van der Waals surface area (Å²) < 4.78 is 0. The molecule has 122 valence electrons. The van der Waals surface area contributed by atoms with Gasteiger partial charge in [0, 0.05) is 32.7 Å². The van der Waals surface area contributed by atoms with Crippen LogP contribution in [0.1, 0.15) is 5.56 Å². The van der Waals surface area contributed by atoms with Crippen LogP contribution < -0.4 is 10.2 Å². The monoisotopic (exact) mass is 323 g/mol. The predicted octanol–water partition coefficient (Wildman–Crippen LogP) is 1.53. The number of barbiturate groups is 1. The minimum absolute atomic E-state index is 0.251. The van der Waals surface area contributed by atoms with E-state index in [2.05, 4.69) is 5.32 Å². The molecule has 6 nitrogen and oxygen atoms in total. The van der Waals surface area contributed by atoms with E-state index in [4.69, 9.17) is 0 Å². The molecule has 1 atom stereocenters. The Morgan fingerprint density at radius 1 is 1.04 bits per heavy atom. The van der Waals surface area contributed by atoms with Crippen LogP contribution in [0.3, 0.4) is 0 Å². The van der Waals surface area contributed by atoms with Crippen molar-refractivity contribution in [3.05, 3.63) is 42.0 Å². The van der Waals surface area contributed by atoms with Crippen LogP contribution in [0.5, 0.6) is 0 Å². The van der Waals surface area contributed by atoms with E-state index in [1.165, 1.54) is 7.05 Å². The average Bonchev–Trinajstić information content (AvgIpc) is 2.58. The van der Waals surface area contributed by atoms with Gasteiger partial charge in [-0.15, -0.1) is 0 Å². The molecule has 0 aromatic heterocycles. The van der Waals surface area contributed by atoms with E-state index in [1.807, 2.05) is 48.3 Å². The Labute approximate surface area is 139 Å². The molecule has 0 aliphatic carbocycles. The van der Waals surface area contributed by atoms with Gasteiger partial charge in [-0.3, -0.25) is 19.8 Å². The van der Waals surface area contributed by atoms with Crippen molar-refractivity contribution < 1.29 is 14.4 Å². The Balaban J connectivity index is 1.92. The van der Waals surface area contributed by atoms with Gasteiger partial charge in [-0.05, 0) is 22.4 Å². The normalized spacial score (nSPS) is 23.7. The summed E-state index contributed by atoms with van der Waals surface area (Å²) in [4.78, 5) is 40.1. The predicted molar refractivity (Wildman–Crippen MR) is 89.7 cm³/mol. The number of benzene rings is 2. The number of rotatable bonds is 0. The zero-order valence-electron chi connectivity index (χ0n) is 13.5. The van der Waals surface area contributed by atoms with Crippen LogP contribution >= 0.6 is 0 Å². The fourth-order valence-electron chi connectivity index (χ4n) is 3.82. The molecule has 0 radical (unpaired) electrons. The Kier molecular flexibility index (Phi) is 2.94. The van der Waals surface area contributed by atoms with Gasteiger partial charge in [-0.25, -0.2) is 4.79 Å². The molecule has 2 aromatic carbocycles. The maximum atomic E-state index is 12.8. The second-order valence-corrected chi connectivity index (χ2v) is 6.52.